The van der Waals surface area contributed by atoms with Gasteiger partial charge >= 0.3 is 6.18 Å². The maximum absolute atomic E-state index is 12.8. The zero-order valence-electron chi connectivity index (χ0n) is 14.6. The van der Waals surface area contributed by atoms with Crippen LogP contribution >= 0.6 is 0 Å². The fourth-order valence-electron chi connectivity index (χ4n) is 3.07. The number of hydrogen-bond acceptors (Lipinski definition) is 2. The molecule has 1 aliphatic rings. The highest BCUT2D eigenvalue weighted by atomic mass is 19.4. The summed E-state index contributed by atoms with van der Waals surface area (Å²) in [6.07, 6.45) is -4.51. The van der Waals surface area contributed by atoms with E-state index in [4.69, 9.17) is 0 Å². The van der Waals surface area contributed by atoms with Crippen molar-refractivity contribution in [2.75, 3.05) is 26.2 Å². The normalized spacial score (nSPS) is 14.9. The van der Waals surface area contributed by atoms with E-state index in [9.17, 15) is 22.8 Å². The van der Waals surface area contributed by atoms with Gasteiger partial charge in [-0.2, -0.15) is 13.2 Å². The number of hydrogen-bond donors (Lipinski definition) is 0. The Morgan fingerprint density at radius 2 is 1.48 bits per heavy atom. The number of carbonyl (C=O) groups is 2. The molecule has 3 rings (SSSR count). The minimum absolute atomic E-state index is 0.0828. The summed E-state index contributed by atoms with van der Waals surface area (Å²) in [6, 6.07) is 13.7. The van der Waals surface area contributed by atoms with Gasteiger partial charge in [-0.25, -0.2) is 0 Å². The van der Waals surface area contributed by atoms with Gasteiger partial charge in [0.2, 0.25) is 5.91 Å². The van der Waals surface area contributed by atoms with Crippen LogP contribution in [0.4, 0.5) is 13.2 Å². The molecule has 0 radical (unpaired) electrons. The van der Waals surface area contributed by atoms with Crippen LogP contribution in [0.3, 0.4) is 0 Å². The summed E-state index contributed by atoms with van der Waals surface area (Å²) in [6.45, 7) is 1.55. The van der Waals surface area contributed by atoms with Crippen LogP contribution in [0.5, 0.6) is 0 Å². The minimum atomic E-state index is -4.43. The Labute approximate surface area is 155 Å². The Morgan fingerprint density at radius 3 is 2.11 bits per heavy atom. The molecule has 0 aromatic heterocycles. The maximum atomic E-state index is 12.8. The lowest BCUT2D eigenvalue weighted by molar-refractivity contribution is -0.138. The van der Waals surface area contributed by atoms with E-state index in [1.807, 2.05) is 6.07 Å². The first-order chi connectivity index (χ1) is 12.8. The first-order valence-corrected chi connectivity index (χ1v) is 8.63. The van der Waals surface area contributed by atoms with Crippen molar-refractivity contribution in [3.63, 3.8) is 0 Å². The summed E-state index contributed by atoms with van der Waals surface area (Å²) < 4.78 is 38.4. The molecular weight excluding hydrogens is 357 g/mol. The number of amides is 2. The molecule has 1 aliphatic heterocycles. The largest absolute Gasteiger partial charge is 0.416 e. The van der Waals surface area contributed by atoms with Crippen LogP contribution in [0.25, 0.3) is 0 Å². The monoisotopic (exact) mass is 376 g/mol. The molecule has 0 N–H and O–H groups in total. The number of nitrogens with zero attached hydrogens (tertiary/aromatic N) is 2. The van der Waals surface area contributed by atoms with Crippen LogP contribution in [0.2, 0.25) is 0 Å². The van der Waals surface area contributed by atoms with E-state index in [1.54, 1.807) is 34.1 Å². The van der Waals surface area contributed by atoms with Crippen molar-refractivity contribution in [1.29, 1.82) is 0 Å². The average molecular weight is 376 g/mol. The van der Waals surface area contributed by atoms with Gasteiger partial charge < -0.3 is 9.80 Å². The predicted molar refractivity (Wildman–Crippen MR) is 94.1 cm³/mol. The van der Waals surface area contributed by atoms with E-state index in [0.717, 1.165) is 12.1 Å². The zero-order chi connectivity index (χ0) is 19.4. The Morgan fingerprint density at radius 1 is 0.852 bits per heavy atom. The second kappa shape index (κ2) is 7.82. The third-order valence-electron chi connectivity index (χ3n) is 4.55. The molecule has 1 fully saturated rings. The SMILES string of the molecule is O=C(Cc1cccc(C(F)(F)F)c1)N1CCN(C(=O)c2ccccc2)CC1. The molecule has 0 aliphatic carbocycles. The van der Waals surface area contributed by atoms with E-state index in [0.29, 0.717) is 37.3 Å². The van der Waals surface area contributed by atoms with Crippen LogP contribution in [0, 0.1) is 0 Å². The first kappa shape index (κ1) is 18.9. The number of rotatable bonds is 3. The summed E-state index contributed by atoms with van der Waals surface area (Å²) >= 11 is 0. The smallest absolute Gasteiger partial charge is 0.339 e. The summed E-state index contributed by atoms with van der Waals surface area (Å²) in [5, 5.41) is 0. The summed E-state index contributed by atoms with van der Waals surface area (Å²) in [5.41, 5.74) is 0.171. The van der Waals surface area contributed by atoms with E-state index in [2.05, 4.69) is 0 Å². The van der Waals surface area contributed by atoms with Gasteiger partial charge in [0.15, 0.2) is 0 Å². The van der Waals surface area contributed by atoms with Gasteiger partial charge in [-0.3, -0.25) is 9.59 Å². The van der Waals surface area contributed by atoms with Crippen molar-refractivity contribution >= 4 is 11.8 Å². The van der Waals surface area contributed by atoms with Crippen molar-refractivity contribution in [2.45, 2.75) is 12.6 Å². The Bertz CT molecular complexity index is 813. The first-order valence-electron chi connectivity index (χ1n) is 8.63. The van der Waals surface area contributed by atoms with Gasteiger partial charge in [0.25, 0.3) is 5.91 Å². The molecule has 0 atom stereocenters. The summed E-state index contributed by atoms with van der Waals surface area (Å²) in [4.78, 5) is 28.1. The van der Waals surface area contributed by atoms with Crippen molar-refractivity contribution in [3.05, 3.63) is 71.3 Å². The second-order valence-electron chi connectivity index (χ2n) is 6.41. The number of benzene rings is 2. The highest BCUT2D eigenvalue weighted by molar-refractivity contribution is 5.94. The lowest BCUT2D eigenvalue weighted by Crippen LogP contribution is -2.51. The van der Waals surface area contributed by atoms with E-state index < -0.39 is 11.7 Å². The van der Waals surface area contributed by atoms with Crippen molar-refractivity contribution in [2.24, 2.45) is 0 Å². The molecular formula is C20H19F3N2O2. The number of alkyl halides is 3. The lowest BCUT2D eigenvalue weighted by Gasteiger charge is -2.35. The zero-order valence-corrected chi connectivity index (χ0v) is 14.6. The number of halogens is 3. The van der Waals surface area contributed by atoms with E-state index >= 15 is 0 Å². The van der Waals surface area contributed by atoms with Crippen LogP contribution in [-0.2, 0) is 17.4 Å². The van der Waals surface area contributed by atoms with Gasteiger partial charge in [-0.05, 0) is 23.8 Å². The lowest BCUT2D eigenvalue weighted by atomic mass is 10.1. The molecule has 1 saturated heterocycles. The topological polar surface area (TPSA) is 40.6 Å². The highest BCUT2D eigenvalue weighted by Gasteiger charge is 2.31. The van der Waals surface area contributed by atoms with E-state index in [-0.39, 0.29) is 18.2 Å². The Hall–Kier alpha value is -2.83. The van der Waals surface area contributed by atoms with Gasteiger partial charge in [0, 0.05) is 31.7 Å². The molecule has 0 spiro atoms. The number of carbonyl (C=O) groups excluding carboxylic acids is 2. The molecule has 4 nitrogen and oxygen atoms in total. The van der Waals surface area contributed by atoms with Crippen molar-refractivity contribution < 1.29 is 22.8 Å². The maximum Gasteiger partial charge on any atom is 0.416 e. The molecule has 2 aromatic carbocycles. The Balaban J connectivity index is 1.57. The quantitative estimate of drug-likeness (QED) is 0.825. The fraction of sp³-hybridized carbons (Fsp3) is 0.300. The highest BCUT2D eigenvalue weighted by Crippen LogP contribution is 2.29. The van der Waals surface area contributed by atoms with Gasteiger partial charge in [0.05, 0.1) is 12.0 Å². The molecule has 0 unspecified atom stereocenters. The van der Waals surface area contributed by atoms with Crippen molar-refractivity contribution in [3.8, 4) is 0 Å². The van der Waals surface area contributed by atoms with Gasteiger partial charge in [-0.1, -0.05) is 36.4 Å². The predicted octanol–water partition coefficient (Wildman–Crippen LogP) is 3.23. The molecule has 1 heterocycles. The van der Waals surface area contributed by atoms with Crippen LogP contribution in [-0.4, -0.2) is 47.8 Å². The molecule has 142 valence electrons. The average Bonchev–Trinajstić information content (AvgIpc) is 2.68. The molecule has 2 aromatic rings. The third kappa shape index (κ3) is 4.67. The molecule has 7 heteroatoms. The second-order valence-corrected chi connectivity index (χ2v) is 6.41. The summed E-state index contributed by atoms with van der Waals surface area (Å²) in [7, 11) is 0. The fourth-order valence-corrected chi connectivity index (χ4v) is 3.07. The van der Waals surface area contributed by atoms with Gasteiger partial charge in [0.1, 0.15) is 0 Å². The molecule has 0 saturated carbocycles. The van der Waals surface area contributed by atoms with Crippen LogP contribution in [0.1, 0.15) is 21.5 Å². The van der Waals surface area contributed by atoms with E-state index in [1.165, 1.54) is 12.1 Å². The Kier molecular flexibility index (Phi) is 5.48. The summed E-state index contributed by atoms with van der Waals surface area (Å²) in [5.74, 6) is -0.318. The molecule has 0 bridgehead atoms. The van der Waals surface area contributed by atoms with Gasteiger partial charge in [-0.15, -0.1) is 0 Å². The molecule has 2 amide bonds. The standard InChI is InChI=1S/C20H19F3N2O2/c21-20(22,23)17-8-4-5-15(13-17)14-18(26)24-9-11-25(12-10-24)19(27)16-6-2-1-3-7-16/h1-8,13H,9-12,14H2. The minimum Gasteiger partial charge on any atom is -0.339 e. The number of piperazine rings is 1. The van der Waals surface area contributed by atoms with Crippen molar-refractivity contribution in [1.82, 2.24) is 9.80 Å². The van der Waals surface area contributed by atoms with Crippen LogP contribution in [0.15, 0.2) is 54.6 Å². The molecule has 27 heavy (non-hydrogen) atoms. The van der Waals surface area contributed by atoms with Crippen LogP contribution < -0.4 is 0 Å². The third-order valence-corrected chi connectivity index (χ3v) is 4.55.